The van der Waals surface area contributed by atoms with Gasteiger partial charge in [0.05, 0.1) is 92.8 Å². The van der Waals surface area contributed by atoms with Crippen LogP contribution in [-0.4, -0.2) is 135 Å². The highest BCUT2D eigenvalue weighted by Crippen LogP contribution is 2.39. The van der Waals surface area contributed by atoms with Crippen molar-refractivity contribution in [1.82, 2.24) is 18.3 Å². The number of benzene rings is 8. The Kier molecular flexibility index (Phi) is 30.7. The van der Waals surface area contributed by atoms with Crippen molar-refractivity contribution in [3.05, 3.63) is 277 Å². The third kappa shape index (κ3) is 21.7. The highest BCUT2D eigenvalue weighted by atomic mass is 35.5. The van der Waals surface area contributed by atoms with Crippen LogP contribution >= 0.6 is 34.8 Å². The number of aromatic nitrogens is 4. The smallest absolute Gasteiger partial charge is 0.387 e. The monoisotopic (exact) mass is 1650 g/mol. The zero-order valence-electron chi connectivity index (χ0n) is 65.7. The minimum atomic E-state index is -2.97. The van der Waals surface area contributed by atoms with Gasteiger partial charge in [0.15, 0.2) is 0 Å². The molecule has 0 radical (unpaired) electrons. The minimum absolute atomic E-state index is 0.0190. The van der Waals surface area contributed by atoms with E-state index in [-0.39, 0.29) is 90.9 Å². The van der Waals surface area contributed by atoms with Gasteiger partial charge in [-0.3, -0.25) is 56.6 Å². The largest absolute Gasteiger partial charge is 0.497 e. The first-order chi connectivity index (χ1) is 55.9. The molecule has 8 aromatic carbocycles. The number of nitrogens with zero attached hydrogens (tertiary/aromatic N) is 4. The topological polar surface area (TPSA) is 282 Å². The summed E-state index contributed by atoms with van der Waals surface area (Å²) in [6.45, 7) is 9.93. The number of carboxylic acids is 2. The average Bonchev–Trinajstić information content (AvgIpc) is 1.62. The number of carbonyl (C=O) groups excluding carboxylic acids is 6. The third-order valence-corrected chi connectivity index (χ3v) is 20.0. The van der Waals surface area contributed by atoms with Gasteiger partial charge >= 0.3 is 30.5 Å². The molecule has 0 aliphatic carbocycles. The van der Waals surface area contributed by atoms with Gasteiger partial charge < -0.3 is 48.5 Å². The standard InChI is InChI=1S/C26H29NO4.C25H25NO5.C20H16ClF2NO5.C19H15Cl2NO4/c1-17(2)19(4)31-26(29)16-22-18(3)27(24-13-12-21(30-5)15-23(22)24)25(28)14-11-20-9-7-6-8-10-20;1-18-21(17-25(29)31-15-7-6-14-27)22-16-20(30-2)11-12-23(22)26(18)24(28)13-10-19-8-4-3-5-9-19;1-10-13(8-18(25)26)14-7-17(28-2)15(21)9-16(14)24(10)19(27)11-3-5-12(6-4-11)29-20(22)23;1-10-13(8-18(23)24)14-7-17(26-2)15(21)9-16(14)22(10)19(25)11-3-5-12(20)6-4-11/h6-15,17,19H,16H2,1-5H3;3-13,16,27H,14-15,17H2,1-2H3;3-7,9,20H,8H2,1-2H3,(H,25,26);3-7,9H,8H2,1-2H3,(H,23,24)/b14-11+;7-6+,13-10+;;. The Morgan fingerprint density at radius 2 is 0.829 bits per heavy atom. The van der Waals surface area contributed by atoms with Crippen LogP contribution in [0.5, 0.6) is 28.7 Å². The molecule has 117 heavy (non-hydrogen) atoms. The van der Waals surface area contributed by atoms with E-state index in [0.29, 0.717) is 99.7 Å². The lowest BCUT2D eigenvalue weighted by atomic mass is 10.1. The van der Waals surface area contributed by atoms with E-state index in [4.69, 9.17) is 68.3 Å². The van der Waals surface area contributed by atoms with Crippen LogP contribution in [0, 0.1) is 33.6 Å². The molecule has 22 nitrogen and oxygen atoms in total. The van der Waals surface area contributed by atoms with Crippen LogP contribution in [0.2, 0.25) is 15.1 Å². The van der Waals surface area contributed by atoms with E-state index in [1.165, 1.54) is 65.8 Å². The van der Waals surface area contributed by atoms with Crippen molar-refractivity contribution >= 4 is 138 Å². The molecule has 0 amide bonds. The number of carbonyl (C=O) groups is 8. The number of rotatable bonds is 25. The number of aliphatic hydroxyl groups is 1. The molecule has 608 valence electrons. The van der Waals surface area contributed by atoms with Crippen molar-refractivity contribution in [3.63, 3.8) is 0 Å². The van der Waals surface area contributed by atoms with Gasteiger partial charge in [0.25, 0.3) is 23.6 Å². The number of aliphatic hydroxyl groups excluding tert-OH is 1. The first-order valence-corrected chi connectivity index (χ1v) is 37.7. The maximum absolute atomic E-state index is 13.1. The second kappa shape index (κ2) is 40.6. The van der Waals surface area contributed by atoms with E-state index in [1.807, 2.05) is 126 Å². The van der Waals surface area contributed by atoms with Crippen LogP contribution in [0.3, 0.4) is 0 Å². The van der Waals surface area contributed by atoms with Crippen molar-refractivity contribution < 1.29 is 95.6 Å². The number of allylic oxidation sites excluding steroid dienone is 2. The van der Waals surface area contributed by atoms with E-state index < -0.39 is 30.4 Å². The zero-order chi connectivity index (χ0) is 85.1. The van der Waals surface area contributed by atoms with Crippen LogP contribution in [0.1, 0.15) is 107 Å². The number of aliphatic carboxylic acids is 2. The second-order valence-corrected chi connectivity index (χ2v) is 28.1. The van der Waals surface area contributed by atoms with Crippen molar-refractivity contribution in [3.8, 4) is 28.7 Å². The lowest BCUT2D eigenvalue weighted by Crippen LogP contribution is -2.21. The summed E-state index contributed by atoms with van der Waals surface area (Å²) in [5, 5.41) is 31.1. The fourth-order valence-corrected chi connectivity index (χ4v) is 13.6. The van der Waals surface area contributed by atoms with Crippen LogP contribution in [0.15, 0.2) is 194 Å². The lowest BCUT2D eigenvalue weighted by molar-refractivity contribution is -0.149. The van der Waals surface area contributed by atoms with E-state index in [2.05, 4.69) is 4.74 Å². The van der Waals surface area contributed by atoms with Crippen LogP contribution in [-0.2, 0) is 54.3 Å². The van der Waals surface area contributed by atoms with E-state index in [0.717, 1.165) is 38.7 Å². The molecule has 3 N–H and O–H groups in total. The molecular formula is C90H85Cl3F2N4O18. The van der Waals surface area contributed by atoms with Gasteiger partial charge in [-0.15, -0.1) is 0 Å². The fraction of sp³-hybridized carbons (Fsp3) is 0.222. The Morgan fingerprint density at radius 3 is 1.21 bits per heavy atom. The molecule has 1 unspecified atom stereocenters. The summed E-state index contributed by atoms with van der Waals surface area (Å²) in [6.07, 6.45) is 9.13. The summed E-state index contributed by atoms with van der Waals surface area (Å²) < 4.78 is 66.9. The molecule has 0 fully saturated rings. The van der Waals surface area contributed by atoms with Gasteiger partial charge in [-0.05, 0) is 201 Å². The summed E-state index contributed by atoms with van der Waals surface area (Å²) in [7, 11) is 6.08. The fourth-order valence-electron chi connectivity index (χ4n) is 13.0. The molecule has 0 aliphatic rings. The average molecular weight is 1660 g/mol. The first kappa shape index (κ1) is 88.3. The number of carboxylic acid groups (broad SMARTS) is 2. The summed E-state index contributed by atoms with van der Waals surface area (Å²) in [4.78, 5) is 99.9. The molecule has 0 saturated heterocycles. The summed E-state index contributed by atoms with van der Waals surface area (Å²) >= 11 is 18.3. The van der Waals surface area contributed by atoms with E-state index >= 15 is 0 Å². The zero-order valence-corrected chi connectivity index (χ0v) is 68.0. The highest BCUT2D eigenvalue weighted by Gasteiger charge is 2.28. The van der Waals surface area contributed by atoms with Crippen LogP contribution in [0.4, 0.5) is 8.78 Å². The molecule has 0 spiro atoms. The van der Waals surface area contributed by atoms with Gasteiger partial charge in [-0.1, -0.05) is 115 Å². The van der Waals surface area contributed by atoms with Gasteiger partial charge in [-0.25, -0.2) is 0 Å². The van der Waals surface area contributed by atoms with Gasteiger partial charge in [-0.2, -0.15) is 8.78 Å². The van der Waals surface area contributed by atoms with Crippen molar-refractivity contribution in [2.75, 3.05) is 41.7 Å². The molecule has 12 rings (SSSR count). The summed E-state index contributed by atoms with van der Waals surface area (Å²) in [5.74, 6) is -1.67. The predicted molar refractivity (Wildman–Crippen MR) is 447 cm³/mol. The van der Waals surface area contributed by atoms with Crippen LogP contribution < -0.4 is 23.7 Å². The molecule has 0 bridgehead atoms. The molecule has 12 aromatic rings. The number of halogens is 5. The number of fused-ring (bicyclic) bond motifs is 4. The number of alkyl halides is 2. The van der Waals surface area contributed by atoms with E-state index in [9.17, 15) is 57.4 Å². The third-order valence-electron chi connectivity index (χ3n) is 19.2. The Balaban J connectivity index is 0.000000178. The molecule has 0 aliphatic heterocycles. The molecule has 0 saturated carbocycles. The number of ether oxygens (including phenoxy) is 7. The Bertz CT molecular complexity index is 5770. The quantitative estimate of drug-likeness (QED) is 0.0272. The summed E-state index contributed by atoms with van der Waals surface area (Å²) in [6, 6.07) is 48.3. The SMILES string of the molecule is COc1cc2c(CC(=O)O)c(C)n(C(=O)c3ccc(Cl)cc3)c2cc1Cl.COc1cc2c(CC(=O)O)c(C)n(C(=O)c3ccc(OC(F)F)cc3)c2cc1Cl.COc1ccc2c(c1)c(CC(=O)OC(C)C(C)C)c(C)n2C(=O)/C=C/c1ccccc1.COc1ccc2c(c1)c(CC(=O)OC/C=C/CO)c(C)n2C(=O)/C=C/c1ccccc1. The molecule has 4 heterocycles. The Morgan fingerprint density at radius 1 is 0.444 bits per heavy atom. The first-order valence-electron chi connectivity index (χ1n) is 36.5. The minimum Gasteiger partial charge on any atom is -0.497 e. The van der Waals surface area contributed by atoms with Gasteiger partial charge in [0, 0.05) is 72.6 Å². The van der Waals surface area contributed by atoms with Crippen molar-refractivity contribution in [2.24, 2.45) is 5.92 Å². The second-order valence-electron chi connectivity index (χ2n) is 26.8. The van der Waals surface area contributed by atoms with Crippen molar-refractivity contribution in [2.45, 2.75) is 86.9 Å². The van der Waals surface area contributed by atoms with Gasteiger partial charge in [0.1, 0.15) is 41.5 Å². The Hall–Kier alpha value is -12.6. The van der Waals surface area contributed by atoms with Crippen LogP contribution in [0.25, 0.3) is 55.8 Å². The number of esters is 2. The summed E-state index contributed by atoms with van der Waals surface area (Å²) in [5.41, 5.74) is 9.76. The molecule has 27 heteroatoms. The maximum atomic E-state index is 13.1. The van der Waals surface area contributed by atoms with Gasteiger partial charge in [0.2, 0.25) is 0 Å². The Labute approximate surface area is 687 Å². The normalized spacial score (nSPS) is 11.5. The number of hydrogen-bond acceptors (Lipinski definition) is 16. The molecular weight excluding hydrogens is 1570 g/mol. The molecule has 1 atom stereocenters. The highest BCUT2D eigenvalue weighted by molar-refractivity contribution is 6.33. The number of methoxy groups -OCH3 is 4. The lowest BCUT2D eigenvalue weighted by Gasteiger charge is -2.16. The molecule has 4 aromatic heterocycles. The van der Waals surface area contributed by atoms with E-state index in [1.54, 1.807) is 110 Å². The van der Waals surface area contributed by atoms with Crippen molar-refractivity contribution in [1.29, 1.82) is 0 Å². The number of hydrogen-bond donors (Lipinski definition) is 3. The maximum Gasteiger partial charge on any atom is 0.387 e. The predicted octanol–water partition coefficient (Wildman–Crippen LogP) is 18.5.